The van der Waals surface area contributed by atoms with Gasteiger partial charge in [0.15, 0.2) is 18.2 Å². The number of nitrogens with zero attached hydrogens (tertiary/aromatic N) is 8. The summed E-state index contributed by atoms with van der Waals surface area (Å²) >= 11 is 3.03. The van der Waals surface area contributed by atoms with Crippen molar-refractivity contribution in [1.29, 1.82) is 0 Å². The summed E-state index contributed by atoms with van der Waals surface area (Å²) in [6, 6.07) is 79.4. The Hall–Kier alpha value is -17.9. The number of carbonyl (C=O) groups is 11. The number of halogens is 7. The lowest BCUT2D eigenvalue weighted by Crippen LogP contribution is -2.38. The van der Waals surface area contributed by atoms with Crippen LogP contribution in [0, 0.1) is 34.9 Å². The molecule has 0 bridgehead atoms. The van der Waals surface area contributed by atoms with E-state index in [2.05, 4.69) is 62.5 Å². The van der Waals surface area contributed by atoms with Crippen LogP contribution in [0.2, 0.25) is 0 Å². The number of esters is 2. The van der Waals surface area contributed by atoms with E-state index in [0.717, 1.165) is 96.8 Å². The maximum atomic E-state index is 13.2. The van der Waals surface area contributed by atoms with Crippen molar-refractivity contribution >= 4 is 93.0 Å². The summed E-state index contributed by atoms with van der Waals surface area (Å²) in [4.78, 5) is 146. The van der Waals surface area contributed by atoms with Gasteiger partial charge in [0.1, 0.15) is 117 Å². The van der Waals surface area contributed by atoms with Gasteiger partial charge in [-0.3, -0.25) is 38.6 Å². The van der Waals surface area contributed by atoms with Crippen LogP contribution in [0.1, 0.15) is 84.9 Å². The number of amides is 6. The molecule has 6 N–H and O–H groups in total. The van der Waals surface area contributed by atoms with E-state index in [1.54, 1.807) is 90.4 Å². The summed E-state index contributed by atoms with van der Waals surface area (Å²) < 4.78 is 117. The van der Waals surface area contributed by atoms with E-state index in [4.69, 9.17) is 38.3 Å². The molecular formula is C109H100BrF6N13O19. The van der Waals surface area contributed by atoms with Crippen molar-refractivity contribution in [2.45, 2.75) is 85.6 Å². The molecule has 0 saturated heterocycles. The summed E-state index contributed by atoms with van der Waals surface area (Å²) in [6.07, 6.45) is 5.37. The average Bonchev–Trinajstić information content (AvgIpc) is 1.64. The topological polar surface area (TPSA) is 402 Å². The molecule has 764 valence electrons. The maximum absolute atomic E-state index is 13.2. The first-order chi connectivity index (χ1) is 71.5. The fourth-order valence-corrected chi connectivity index (χ4v) is 13.9. The number of carbonyl (C=O) groups excluding carboxylic acids is 10. The SMILES string of the molecule is CCOC(=O)Cn1cc(-c2ccc(F)cc2)nc1CNC(=O)OCc1ccccc1.COc1ccc(CN2Cc3nc(-c4ccc(F)cc4)cn3CC2=O)cc1.O=C(CBr)c1ccc(F)cc1.O=C(CNC(=O)OCc1ccccc1)OCC(=O)c1ccc(F)cc1.O=C(NCC1=NC(c2ccc(F)cc2)=CC1)OCc1ccccc1.O=C(O)CNC(=O)OCc1ccccc1.O=C1Cn2cc(-c3ccc(F)cc3)nc2CN1. The molecule has 17 rings (SSSR count). The van der Waals surface area contributed by atoms with Crippen molar-refractivity contribution < 1.29 is 117 Å². The van der Waals surface area contributed by atoms with Gasteiger partial charge >= 0.3 is 42.3 Å². The van der Waals surface area contributed by atoms with E-state index < -0.39 is 73.6 Å². The van der Waals surface area contributed by atoms with Gasteiger partial charge < -0.3 is 83.4 Å². The molecule has 148 heavy (non-hydrogen) atoms. The number of imidazole rings is 3. The number of hydrogen-bond acceptors (Lipinski definition) is 22. The van der Waals surface area contributed by atoms with Gasteiger partial charge in [0.05, 0.1) is 68.0 Å². The minimum atomic E-state index is -1.10. The number of alkyl carbamates (subject to hydrolysis) is 4. The molecule has 3 aliphatic heterocycles. The first-order valence-electron chi connectivity index (χ1n) is 45.7. The van der Waals surface area contributed by atoms with Crippen LogP contribution >= 0.6 is 15.9 Å². The minimum Gasteiger partial charge on any atom is -0.497 e. The van der Waals surface area contributed by atoms with Crippen molar-refractivity contribution in [3.63, 3.8) is 0 Å². The van der Waals surface area contributed by atoms with Gasteiger partial charge in [-0.1, -0.05) is 155 Å². The van der Waals surface area contributed by atoms with Crippen LogP contribution in [-0.4, -0.2) is 155 Å². The molecule has 3 aliphatic rings. The van der Waals surface area contributed by atoms with Crippen LogP contribution in [-0.2, 0) is 125 Å². The molecule has 0 fully saturated rings. The van der Waals surface area contributed by atoms with Crippen LogP contribution in [0.15, 0.2) is 321 Å². The van der Waals surface area contributed by atoms with E-state index in [9.17, 15) is 79.1 Å². The number of ketones is 2. The lowest BCUT2D eigenvalue weighted by Gasteiger charge is -2.27. The lowest BCUT2D eigenvalue weighted by molar-refractivity contribution is -0.144. The number of aliphatic imine (C=N–C) groups is 1. The number of fused-ring (bicyclic) bond motifs is 2. The highest BCUT2D eigenvalue weighted by atomic mass is 79.9. The van der Waals surface area contributed by atoms with E-state index in [-0.39, 0.29) is 110 Å². The van der Waals surface area contributed by atoms with Gasteiger partial charge in [-0.2, -0.15) is 0 Å². The highest BCUT2D eigenvalue weighted by Crippen LogP contribution is 2.28. The van der Waals surface area contributed by atoms with Gasteiger partial charge in [-0.05, 0) is 198 Å². The van der Waals surface area contributed by atoms with Crippen LogP contribution in [0.3, 0.4) is 0 Å². The predicted octanol–water partition coefficient (Wildman–Crippen LogP) is 18.1. The van der Waals surface area contributed by atoms with Gasteiger partial charge in [-0.15, -0.1) is 0 Å². The zero-order chi connectivity index (χ0) is 105. The Balaban J connectivity index is 0.000000167. The first kappa shape index (κ1) is 110. The standard InChI is InChI=1S/C22H22FN3O4.C20H18FN3O2.C19H17FN2O2.C18H16FNO5.C12H10FN3O.C10H11NO4.C8H6BrFO/c1-2-29-21(27)14-26-13-19(17-8-10-18(23)11-9-17)25-20(26)12-24-22(28)30-15-16-6-4-3-5-7-16;1-26-17-8-2-14(3-9-17)10-24-12-19-22-18(11-23(19)13-20(24)25)15-4-6-16(21)7-5-15;20-16-8-6-15(7-9-16)18-11-10-17(22-18)12-21-19(23)24-13-14-4-2-1-3-5-14;19-15-8-6-14(7-9-15)16(21)12-24-17(22)10-20-18(23)25-11-13-4-2-1-3-5-13;13-9-3-1-8(2-4-9)10-6-16-7-12(17)14-5-11(16)15-10;12-9(13)6-11-10(14)15-7-8-4-2-1-3-5-8;9-5-8(11)6-1-3-7(10)4-2-6/h3-11,13H,2,12,14-15H2,1H3,(H,24,28);2-9,11H,10,12-13H2,1H3;1-9,11H,10,12-13H2,(H,21,23);1-9H,10-12H2,(H,20,23);1-4,6H,5,7H2,(H,14,17);1-5H,6-7H2,(H,11,14)(H,12,13);1-4H,5H2. The molecule has 0 unspecified atom stereocenters. The largest absolute Gasteiger partial charge is 0.497 e. The number of aliphatic carboxylic acids is 1. The summed E-state index contributed by atoms with van der Waals surface area (Å²) in [5.74, 6) is -1.86. The predicted molar refractivity (Wildman–Crippen MR) is 536 cm³/mol. The number of aromatic nitrogens is 6. The molecule has 0 atom stereocenters. The number of rotatable bonds is 31. The van der Waals surface area contributed by atoms with Crippen molar-refractivity contribution in [1.82, 2.24) is 60.1 Å². The van der Waals surface area contributed by atoms with E-state index in [1.165, 1.54) is 84.9 Å². The second-order valence-corrected chi connectivity index (χ2v) is 32.5. The second kappa shape index (κ2) is 58.0. The first-order valence-corrected chi connectivity index (χ1v) is 46.8. The van der Waals surface area contributed by atoms with Crippen molar-refractivity contribution in [3.8, 4) is 39.5 Å². The number of alkyl halides is 1. The summed E-state index contributed by atoms with van der Waals surface area (Å²) in [6.45, 7) is 3.51. The van der Waals surface area contributed by atoms with Gasteiger partial charge in [-0.25, -0.2) is 60.5 Å². The van der Waals surface area contributed by atoms with Crippen molar-refractivity contribution in [2.24, 2.45) is 4.99 Å². The molecule has 0 spiro atoms. The molecule has 0 aliphatic carbocycles. The van der Waals surface area contributed by atoms with Gasteiger partial charge in [0.2, 0.25) is 11.8 Å². The van der Waals surface area contributed by atoms with Crippen LogP contribution < -0.4 is 31.3 Å². The quantitative estimate of drug-likeness (QED) is 0.00772. The minimum absolute atomic E-state index is 0.0134. The van der Waals surface area contributed by atoms with Gasteiger partial charge in [0.25, 0.3) is 0 Å². The smallest absolute Gasteiger partial charge is 0.407 e. The monoisotopic (exact) mass is 2090 g/mol. The zero-order valence-electron chi connectivity index (χ0n) is 79.8. The molecule has 32 nitrogen and oxygen atoms in total. The maximum Gasteiger partial charge on any atom is 0.407 e. The average molecular weight is 2090 g/mol. The Bertz CT molecular complexity index is 6820. The van der Waals surface area contributed by atoms with Crippen LogP contribution in [0.25, 0.3) is 39.5 Å². The third-order valence-corrected chi connectivity index (χ3v) is 21.6. The van der Waals surface area contributed by atoms with Crippen LogP contribution in [0.5, 0.6) is 5.75 Å². The fourth-order valence-electron chi connectivity index (χ4n) is 13.5. The number of methoxy groups -OCH3 is 1. The highest BCUT2D eigenvalue weighted by molar-refractivity contribution is 9.09. The van der Waals surface area contributed by atoms with E-state index in [0.29, 0.717) is 61.8 Å². The van der Waals surface area contributed by atoms with Crippen molar-refractivity contribution in [3.05, 3.63) is 413 Å². The third-order valence-electron chi connectivity index (χ3n) is 21.1. The number of ether oxygens (including phenoxy) is 7. The summed E-state index contributed by atoms with van der Waals surface area (Å²) in [5, 5.41) is 20.9. The zero-order valence-corrected chi connectivity index (χ0v) is 81.4. The molecule has 39 heteroatoms. The number of Topliss-reactive ketones (excluding diaryl/α,β-unsaturated/α-hetero) is 2. The molecule has 11 aromatic carbocycles. The summed E-state index contributed by atoms with van der Waals surface area (Å²) in [7, 11) is 1.63. The molecule has 6 amide bonds. The Morgan fingerprint density at radius 1 is 0.419 bits per heavy atom. The third kappa shape index (κ3) is 37.8. The lowest BCUT2D eigenvalue weighted by atomic mass is 10.1. The normalized spacial score (nSPS) is 11.6. The highest BCUT2D eigenvalue weighted by Gasteiger charge is 2.27. The Morgan fingerprint density at radius 3 is 1.26 bits per heavy atom. The number of allylic oxidation sites excluding steroid dienone is 1. The van der Waals surface area contributed by atoms with Crippen LogP contribution in [0.4, 0.5) is 45.5 Å². The number of carboxylic acids is 1. The molecule has 3 aromatic heterocycles. The number of nitrogens with one attached hydrogen (secondary N) is 5. The fraction of sp³-hybridized carbons (Fsp3) is 0.183. The molecule has 14 aromatic rings. The Kier molecular flexibility index (Phi) is 43.3. The number of carboxylic acid groups (broad SMARTS) is 1. The molecule has 0 radical (unpaired) electrons. The number of benzene rings is 11. The Morgan fingerprint density at radius 2 is 0.824 bits per heavy atom. The van der Waals surface area contributed by atoms with Crippen molar-refractivity contribution in [2.75, 3.05) is 45.3 Å². The van der Waals surface area contributed by atoms with E-state index >= 15 is 0 Å². The van der Waals surface area contributed by atoms with Gasteiger partial charge in [0, 0.05) is 65.1 Å². The summed E-state index contributed by atoms with van der Waals surface area (Å²) in [5.41, 5.74) is 12.2. The molecule has 6 heterocycles. The molecular weight excluding hydrogens is 1990 g/mol. The number of hydrogen-bond donors (Lipinski definition) is 6. The Labute approximate surface area is 853 Å². The molecule has 0 saturated carbocycles. The second-order valence-electron chi connectivity index (χ2n) is 31.9. The van der Waals surface area contributed by atoms with E-state index in [1.807, 2.05) is 161 Å².